The first-order valence-corrected chi connectivity index (χ1v) is 8.67. The number of aromatic nitrogens is 3. The Hall–Kier alpha value is -4.22. The van der Waals surface area contributed by atoms with Crippen LogP contribution >= 0.6 is 0 Å². The van der Waals surface area contributed by atoms with Crippen molar-refractivity contribution < 1.29 is 27.6 Å². The van der Waals surface area contributed by atoms with Crippen molar-refractivity contribution in [3.8, 4) is 17.1 Å². The van der Waals surface area contributed by atoms with Crippen LogP contribution in [0.5, 0.6) is 0 Å². The standard InChI is InChI=1S/C19H15F3N6O3/c20-19(21,22)11-7-4-8-12(9-11)28-17(10-5-2-1-3-6-10)26-16(27-28)18(31)25-13(14(23)29)15(24)30/h1-9,13H,(H2,23,29)(H2,24,30)(H,25,31). The lowest BCUT2D eigenvalue weighted by molar-refractivity contribution is -0.137. The molecule has 0 aliphatic heterocycles. The minimum atomic E-state index is -4.60. The van der Waals surface area contributed by atoms with E-state index in [4.69, 9.17) is 11.5 Å². The molecule has 0 aliphatic carbocycles. The van der Waals surface area contributed by atoms with Crippen LogP contribution in [0.2, 0.25) is 0 Å². The lowest BCUT2D eigenvalue weighted by Gasteiger charge is -2.10. The lowest BCUT2D eigenvalue weighted by Crippen LogP contribution is -2.52. The number of nitrogens with two attached hydrogens (primary N) is 2. The van der Waals surface area contributed by atoms with Gasteiger partial charge < -0.3 is 16.8 Å². The van der Waals surface area contributed by atoms with E-state index in [1.807, 2.05) is 5.32 Å². The molecule has 0 aliphatic rings. The fraction of sp³-hybridized carbons (Fsp3) is 0.105. The van der Waals surface area contributed by atoms with Crippen LogP contribution < -0.4 is 16.8 Å². The molecule has 1 heterocycles. The van der Waals surface area contributed by atoms with Crippen LogP contribution in [0, 0.1) is 0 Å². The van der Waals surface area contributed by atoms with Gasteiger partial charge in [-0.25, -0.2) is 9.67 Å². The van der Waals surface area contributed by atoms with Gasteiger partial charge >= 0.3 is 6.18 Å². The van der Waals surface area contributed by atoms with Gasteiger partial charge in [0.25, 0.3) is 5.91 Å². The minimum absolute atomic E-state index is 0.0124. The molecule has 5 N–H and O–H groups in total. The minimum Gasteiger partial charge on any atom is -0.367 e. The second-order valence-corrected chi connectivity index (χ2v) is 6.30. The number of hydrogen-bond donors (Lipinski definition) is 3. The van der Waals surface area contributed by atoms with E-state index >= 15 is 0 Å². The molecule has 12 heteroatoms. The Kier molecular flexibility index (Phi) is 5.72. The zero-order valence-corrected chi connectivity index (χ0v) is 15.6. The first kappa shape index (κ1) is 21.5. The topological polar surface area (TPSA) is 146 Å². The zero-order valence-electron chi connectivity index (χ0n) is 15.6. The molecule has 9 nitrogen and oxygen atoms in total. The first-order valence-electron chi connectivity index (χ1n) is 8.67. The third-order valence-electron chi connectivity index (χ3n) is 4.10. The van der Waals surface area contributed by atoms with Crippen LogP contribution in [0.4, 0.5) is 13.2 Å². The summed E-state index contributed by atoms with van der Waals surface area (Å²) in [5.74, 6) is -3.91. The largest absolute Gasteiger partial charge is 0.416 e. The molecule has 0 spiro atoms. The van der Waals surface area contributed by atoms with Crippen molar-refractivity contribution in [2.24, 2.45) is 11.5 Å². The SMILES string of the molecule is NC(=O)C(NC(=O)c1nc(-c2ccccc2)n(-c2cccc(C(F)(F)F)c2)n1)C(N)=O. The first-order chi connectivity index (χ1) is 14.6. The van der Waals surface area contributed by atoms with Crippen LogP contribution in [0.3, 0.4) is 0 Å². The molecule has 3 aromatic rings. The molecular formula is C19H15F3N6O3. The summed E-state index contributed by atoms with van der Waals surface area (Å²) in [6.45, 7) is 0. The van der Waals surface area contributed by atoms with Crippen LogP contribution in [0.25, 0.3) is 17.1 Å². The predicted molar refractivity (Wildman–Crippen MR) is 101 cm³/mol. The van der Waals surface area contributed by atoms with Gasteiger partial charge in [0.05, 0.1) is 11.3 Å². The molecule has 0 radical (unpaired) electrons. The Balaban J connectivity index is 2.09. The number of carbonyl (C=O) groups excluding carboxylic acids is 3. The van der Waals surface area contributed by atoms with Gasteiger partial charge in [0, 0.05) is 5.56 Å². The Bertz CT molecular complexity index is 1130. The number of amides is 3. The maximum atomic E-state index is 13.1. The molecule has 0 saturated heterocycles. The summed E-state index contributed by atoms with van der Waals surface area (Å²) in [6.07, 6.45) is -4.60. The molecule has 0 atom stereocenters. The Morgan fingerprint density at radius 1 is 0.968 bits per heavy atom. The van der Waals surface area contributed by atoms with Crippen molar-refractivity contribution in [1.29, 1.82) is 0 Å². The van der Waals surface area contributed by atoms with Gasteiger partial charge in [-0.05, 0) is 18.2 Å². The highest BCUT2D eigenvalue weighted by molar-refractivity contribution is 6.07. The molecular weight excluding hydrogens is 417 g/mol. The number of halogens is 3. The molecule has 2 aromatic carbocycles. The normalized spacial score (nSPS) is 11.4. The summed E-state index contributed by atoms with van der Waals surface area (Å²) in [7, 11) is 0. The van der Waals surface area contributed by atoms with Crippen molar-refractivity contribution in [2.75, 3.05) is 0 Å². The van der Waals surface area contributed by atoms with Gasteiger partial charge in [0.15, 0.2) is 11.9 Å². The van der Waals surface area contributed by atoms with Gasteiger partial charge in [0.2, 0.25) is 17.6 Å². The molecule has 160 valence electrons. The van der Waals surface area contributed by atoms with Crippen molar-refractivity contribution in [3.05, 3.63) is 66.0 Å². The van der Waals surface area contributed by atoms with Gasteiger partial charge in [-0.1, -0.05) is 36.4 Å². The van der Waals surface area contributed by atoms with Gasteiger partial charge in [-0.2, -0.15) is 13.2 Å². The molecule has 3 rings (SSSR count). The summed E-state index contributed by atoms with van der Waals surface area (Å²) < 4.78 is 40.5. The molecule has 3 amide bonds. The lowest BCUT2D eigenvalue weighted by atomic mass is 10.2. The number of hydrogen-bond acceptors (Lipinski definition) is 5. The van der Waals surface area contributed by atoms with Crippen molar-refractivity contribution in [1.82, 2.24) is 20.1 Å². The van der Waals surface area contributed by atoms with Crippen LogP contribution in [0.1, 0.15) is 16.2 Å². The monoisotopic (exact) mass is 432 g/mol. The van der Waals surface area contributed by atoms with Crippen molar-refractivity contribution in [3.63, 3.8) is 0 Å². The number of rotatable bonds is 6. The van der Waals surface area contributed by atoms with E-state index in [1.54, 1.807) is 30.3 Å². The molecule has 0 saturated carbocycles. The third kappa shape index (κ3) is 4.69. The number of nitrogens with one attached hydrogen (secondary N) is 1. The Labute approximate surface area is 172 Å². The van der Waals surface area contributed by atoms with Crippen LogP contribution in [-0.2, 0) is 15.8 Å². The maximum absolute atomic E-state index is 13.1. The zero-order chi connectivity index (χ0) is 22.8. The average Bonchev–Trinajstić information content (AvgIpc) is 3.17. The summed E-state index contributed by atoms with van der Waals surface area (Å²) >= 11 is 0. The Morgan fingerprint density at radius 2 is 1.61 bits per heavy atom. The third-order valence-corrected chi connectivity index (χ3v) is 4.10. The van der Waals surface area contributed by atoms with E-state index in [9.17, 15) is 27.6 Å². The molecule has 31 heavy (non-hydrogen) atoms. The quantitative estimate of drug-likeness (QED) is 0.498. The summed E-state index contributed by atoms with van der Waals surface area (Å²) in [6, 6.07) is 10.7. The number of nitrogens with zero attached hydrogens (tertiary/aromatic N) is 3. The van der Waals surface area contributed by atoms with E-state index < -0.39 is 41.3 Å². The van der Waals surface area contributed by atoms with E-state index in [-0.39, 0.29) is 11.5 Å². The fourth-order valence-corrected chi connectivity index (χ4v) is 2.65. The van der Waals surface area contributed by atoms with Crippen LogP contribution in [0.15, 0.2) is 54.6 Å². The summed E-state index contributed by atoms with van der Waals surface area (Å²) in [5, 5.41) is 5.98. The fourth-order valence-electron chi connectivity index (χ4n) is 2.65. The molecule has 0 fully saturated rings. The highest BCUT2D eigenvalue weighted by Crippen LogP contribution is 2.31. The highest BCUT2D eigenvalue weighted by atomic mass is 19.4. The van der Waals surface area contributed by atoms with Gasteiger partial charge in [-0.15, -0.1) is 5.10 Å². The molecule has 1 aromatic heterocycles. The van der Waals surface area contributed by atoms with E-state index in [1.165, 1.54) is 12.1 Å². The highest BCUT2D eigenvalue weighted by Gasteiger charge is 2.31. The predicted octanol–water partition coefficient (Wildman–Crippen LogP) is 1.02. The second kappa shape index (κ2) is 8.26. The average molecular weight is 432 g/mol. The van der Waals surface area contributed by atoms with Gasteiger partial charge in [0.1, 0.15) is 0 Å². The summed E-state index contributed by atoms with van der Waals surface area (Å²) in [4.78, 5) is 39.2. The van der Waals surface area contributed by atoms with Crippen molar-refractivity contribution in [2.45, 2.75) is 12.2 Å². The number of alkyl halides is 3. The number of benzene rings is 2. The number of carbonyl (C=O) groups is 3. The van der Waals surface area contributed by atoms with Crippen molar-refractivity contribution >= 4 is 17.7 Å². The molecule has 0 unspecified atom stereocenters. The van der Waals surface area contributed by atoms with E-state index in [0.29, 0.717) is 5.56 Å². The second-order valence-electron chi connectivity index (χ2n) is 6.30. The number of primary amides is 2. The van der Waals surface area contributed by atoms with Crippen LogP contribution in [-0.4, -0.2) is 38.5 Å². The maximum Gasteiger partial charge on any atom is 0.416 e. The van der Waals surface area contributed by atoms with E-state index in [2.05, 4.69) is 10.1 Å². The van der Waals surface area contributed by atoms with Gasteiger partial charge in [-0.3, -0.25) is 14.4 Å². The smallest absolute Gasteiger partial charge is 0.367 e. The Morgan fingerprint density at radius 3 is 2.19 bits per heavy atom. The molecule has 0 bridgehead atoms. The van der Waals surface area contributed by atoms with E-state index in [0.717, 1.165) is 16.8 Å². The summed E-state index contributed by atoms with van der Waals surface area (Å²) in [5.41, 5.74) is 9.58.